The molecule has 0 saturated carbocycles. The summed E-state index contributed by atoms with van der Waals surface area (Å²) in [6.07, 6.45) is 12.8. The maximum absolute atomic E-state index is 11.6. The average Bonchev–Trinajstić information content (AvgIpc) is 3.23. The highest BCUT2D eigenvalue weighted by Gasteiger charge is 2.27. The summed E-state index contributed by atoms with van der Waals surface area (Å²) >= 11 is 0. The summed E-state index contributed by atoms with van der Waals surface area (Å²) in [6, 6.07) is 12.8. The third-order valence-electron chi connectivity index (χ3n) is 7.11. The van der Waals surface area contributed by atoms with Crippen LogP contribution >= 0.6 is 0 Å². The van der Waals surface area contributed by atoms with E-state index in [2.05, 4.69) is 67.2 Å². The molecule has 4 nitrogen and oxygen atoms in total. The second-order valence-corrected chi connectivity index (χ2v) is 9.80. The predicted molar refractivity (Wildman–Crippen MR) is 152 cm³/mol. The van der Waals surface area contributed by atoms with E-state index in [1.807, 2.05) is 12.1 Å². The number of hydrogen-bond donors (Lipinski definition) is 1. The SMILES string of the molecule is C=CCCC(C=O)N1Cc2cc(CCCCCCCNCc3cccc(C(=C)CC)n3)ccc2C1=C. The van der Waals surface area contributed by atoms with Crippen molar-refractivity contribution >= 4 is 17.6 Å². The highest BCUT2D eigenvalue weighted by Crippen LogP contribution is 2.34. The Morgan fingerprint density at radius 3 is 2.75 bits per heavy atom. The molecule has 2 heterocycles. The van der Waals surface area contributed by atoms with Gasteiger partial charge in [-0.05, 0) is 73.9 Å². The summed E-state index contributed by atoms with van der Waals surface area (Å²) < 4.78 is 0. The normalized spacial score (nSPS) is 13.5. The minimum absolute atomic E-state index is 0.122. The number of fused-ring (bicyclic) bond motifs is 1. The fourth-order valence-corrected chi connectivity index (χ4v) is 4.83. The topological polar surface area (TPSA) is 45.2 Å². The Morgan fingerprint density at radius 2 is 1.97 bits per heavy atom. The second kappa shape index (κ2) is 14.5. The molecule has 0 bridgehead atoms. The summed E-state index contributed by atoms with van der Waals surface area (Å²) in [7, 11) is 0. The maximum atomic E-state index is 11.6. The van der Waals surface area contributed by atoms with E-state index >= 15 is 0 Å². The number of aromatic nitrogens is 1. The molecule has 0 amide bonds. The van der Waals surface area contributed by atoms with Gasteiger partial charge in [0.05, 0.1) is 17.4 Å². The first-order valence-electron chi connectivity index (χ1n) is 13.6. The van der Waals surface area contributed by atoms with Gasteiger partial charge in [0.15, 0.2) is 0 Å². The van der Waals surface area contributed by atoms with Gasteiger partial charge >= 0.3 is 0 Å². The Labute approximate surface area is 218 Å². The van der Waals surface area contributed by atoms with Gasteiger partial charge in [0.2, 0.25) is 0 Å². The molecule has 0 saturated heterocycles. The van der Waals surface area contributed by atoms with Gasteiger partial charge in [-0.2, -0.15) is 0 Å². The van der Waals surface area contributed by atoms with Crippen LogP contribution in [0.1, 0.15) is 86.4 Å². The van der Waals surface area contributed by atoms with Crippen molar-refractivity contribution in [3.63, 3.8) is 0 Å². The first-order valence-corrected chi connectivity index (χ1v) is 13.6. The zero-order valence-electron chi connectivity index (χ0n) is 22.1. The molecule has 0 radical (unpaired) electrons. The summed E-state index contributed by atoms with van der Waals surface area (Å²) in [6.45, 7) is 16.9. The second-order valence-electron chi connectivity index (χ2n) is 9.80. The molecule has 0 fully saturated rings. The average molecular weight is 486 g/mol. The molecule has 1 unspecified atom stereocenters. The molecule has 1 aliphatic rings. The van der Waals surface area contributed by atoms with Crippen LogP contribution < -0.4 is 5.32 Å². The van der Waals surface area contributed by atoms with Crippen LogP contribution in [0.15, 0.2) is 62.2 Å². The van der Waals surface area contributed by atoms with Crippen molar-refractivity contribution in [3.8, 4) is 0 Å². The lowest BCUT2D eigenvalue weighted by Gasteiger charge is -2.25. The van der Waals surface area contributed by atoms with E-state index in [9.17, 15) is 4.79 Å². The predicted octanol–water partition coefficient (Wildman–Crippen LogP) is 7.11. The molecular weight excluding hydrogens is 442 g/mol. The van der Waals surface area contributed by atoms with Gasteiger partial charge in [-0.3, -0.25) is 4.98 Å². The molecule has 0 aliphatic carbocycles. The quantitative estimate of drug-likeness (QED) is 0.147. The third kappa shape index (κ3) is 7.76. The summed E-state index contributed by atoms with van der Waals surface area (Å²) in [4.78, 5) is 18.5. The van der Waals surface area contributed by atoms with Crippen LogP contribution in [0.5, 0.6) is 0 Å². The maximum Gasteiger partial charge on any atom is 0.142 e. The Morgan fingerprint density at radius 1 is 1.17 bits per heavy atom. The molecule has 2 aromatic rings. The number of allylic oxidation sites excluding steroid dienone is 2. The lowest BCUT2D eigenvalue weighted by molar-refractivity contribution is -0.111. The number of carbonyl (C=O) groups is 1. The van der Waals surface area contributed by atoms with Crippen molar-refractivity contribution in [1.29, 1.82) is 0 Å². The van der Waals surface area contributed by atoms with E-state index in [4.69, 9.17) is 4.98 Å². The molecule has 1 aliphatic heterocycles. The van der Waals surface area contributed by atoms with Gasteiger partial charge in [-0.25, -0.2) is 0 Å². The third-order valence-corrected chi connectivity index (χ3v) is 7.11. The molecule has 192 valence electrons. The van der Waals surface area contributed by atoms with Crippen LogP contribution in [0.25, 0.3) is 11.3 Å². The van der Waals surface area contributed by atoms with Crippen LogP contribution in [0.4, 0.5) is 0 Å². The van der Waals surface area contributed by atoms with Gasteiger partial charge in [-0.1, -0.05) is 69.7 Å². The highest BCUT2D eigenvalue weighted by molar-refractivity contribution is 5.73. The summed E-state index contributed by atoms with van der Waals surface area (Å²) in [5, 5.41) is 3.53. The Balaban J connectivity index is 1.31. The number of benzene rings is 1. The van der Waals surface area contributed by atoms with Crippen molar-refractivity contribution in [2.24, 2.45) is 0 Å². The zero-order valence-corrected chi connectivity index (χ0v) is 22.1. The first kappa shape index (κ1) is 27.6. The number of aryl methyl sites for hydroxylation is 1. The van der Waals surface area contributed by atoms with E-state index < -0.39 is 0 Å². The molecular formula is C32H43N3O. The Kier molecular flexibility index (Phi) is 11.2. The number of carbonyl (C=O) groups excluding carboxylic acids is 1. The van der Waals surface area contributed by atoms with Crippen LogP contribution in [0.3, 0.4) is 0 Å². The van der Waals surface area contributed by atoms with Crippen molar-refractivity contribution in [3.05, 3.63) is 90.3 Å². The number of unbranched alkanes of at least 4 members (excludes halogenated alkanes) is 4. The number of nitrogens with zero attached hydrogens (tertiary/aromatic N) is 2. The zero-order chi connectivity index (χ0) is 25.8. The number of rotatable bonds is 17. The monoisotopic (exact) mass is 485 g/mol. The summed E-state index contributed by atoms with van der Waals surface area (Å²) in [5.41, 5.74) is 8.04. The smallest absolute Gasteiger partial charge is 0.142 e. The standard InChI is InChI=1S/C32H43N3O/c1-5-7-16-30(24-36)35-23-28-21-27(18-19-31(28)26(35)4)14-11-9-8-10-12-20-33-22-29-15-13-17-32(34-29)25(3)6-2/h5,13,15,17-19,21,24,30,33H,1,3-4,6-12,14,16,20,22-23H2,2H3. The lowest BCUT2D eigenvalue weighted by Crippen LogP contribution is -2.30. The van der Waals surface area contributed by atoms with E-state index in [0.29, 0.717) is 0 Å². The van der Waals surface area contributed by atoms with Gasteiger partial charge in [-0.15, -0.1) is 6.58 Å². The largest absolute Gasteiger partial charge is 0.357 e. The highest BCUT2D eigenvalue weighted by atomic mass is 16.1. The summed E-state index contributed by atoms with van der Waals surface area (Å²) in [5.74, 6) is 0. The Bertz CT molecular complexity index is 1040. The van der Waals surface area contributed by atoms with Crippen molar-refractivity contribution < 1.29 is 4.79 Å². The first-order chi connectivity index (χ1) is 17.6. The number of hydrogen-bond acceptors (Lipinski definition) is 4. The molecule has 36 heavy (non-hydrogen) atoms. The van der Waals surface area contributed by atoms with Crippen molar-refractivity contribution in [2.75, 3.05) is 6.54 Å². The van der Waals surface area contributed by atoms with Gasteiger partial charge in [0.25, 0.3) is 0 Å². The molecule has 4 heteroatoms. The number of nitrogens with one attached hydrogen (secondary N) is 1. The molecule has 1 atom stereocenters. The fourth-order valence-electron chi connectivity index (χ4n) is 4.83. The van der Waals surface area contributed by atoms with E-state index in [0.717, 1.165) is 74.3 Å². The van der Waals surface area contributed by atoms with E-state index in [1.165, 1.54) is 48.8 Å². The number of aldehydes is 1. The molecule has 0 spiro atoms. The van der Waals surface area contributed by atoms with E-state index in [1.54, 1.807) is 0 Å². The Hall–Kier alpha value is -2.98. The lowest BCUT2D eigenvalue weighted by atomic mass is 10.0. The molecule has 1 aromatic carbocycles. The van der Waals surface area contributed by atoms with Crippen LogP contribution in [-0.2, 0) is 24.3 Å². The fraction of sp³-hybridized carbons (Fsp3) is 0.438. The van der Waals surface area contributed by atoms with Crippen molar-refractivity contribution in [1.82, 2.24) is 15.2 Å². The van der Waals surface area contributed by atoms with Gasteiger partial charge < -0.3 is 15.0 Å². The molecule has 1 N–H and O–H groups in total. The van der Waals surface area contributed by atoms with Crippen molar-refractivity contribution in [2.45, 2.75) is 83.8 Å². The molecule has 1 aromatic heterocycles. The van der Waals surface area contributed by atoms with Gasteiger partial charge in [0, 0.05) is 24.4 Å². The minimum Gasteiger partial charge on any atom is -0.357 e. The van der Waals surface area contributed by atoms with Crippen LogP contribution in [0, 0.1) is 0 Å². The molecule has 3 rings (SSSR count). The van der Waals surface area contributed by atoms with Crippen LogP contribution in [0.2, 0.25) is 0 Å². The number of pyridine rings is 1. The van der Waals surface area contributed by atoms with E-state index in [-0.39, 0.29) is 6.04 Å². The minimum atomic E-state index is -0.122. The van der Waals surface area contributed by atoms with Crippen LogP contribution in [-0.4, -0.2) is 28.8 Å². The van der Waals surface area contributed by atoms with Gasteiger partial charge in [0.1, 0.15) is 6.29 Å².